The Hall–Kier alpha value is -3.57. The van der Waals surface area contributed by atoms with Crippen LogP contribution in [0, 0.1) is 6.92 Å². The average Bonchev–Trinajstić information content (AvgIpc) is 3.10. The topological polar surface area (TPSA) is 51.1 Å². The summed E-state index contributed by atoms with van der Waals surface area (Å²) in [7, 11) is 3.17. The standard InChI is InChI=1S/C25H21ClN2O3/c1-16-5-4-6-18(13-16)24-27-22(14-17-7-12-21(30-2)15-23(17)31-3)25(29)28(24)20-10-8-19(26)9-11-20/h4-15H,1-3H3/b22-14+. The molecular weight excluding hydrogens is 412 g/mol. The third-order valence-corrected chi connectivity index (χ3v) is 5.21. The average molecular weight is 433 g/mol. The first-order valence-electron chi connectivity index (χ1n) is 9.69. The van der Waals surface area contributed by atoms with Crippen molar-refractivity contribution in [2.75, 3.05) is 19.1 Å². The Balaban J connectivity index is 1.83. The molecule has 1 aliphatic rings. The second kappa shape index (κ2) is 8.66. The highest BCUT2D eigenvalue weighted by molar-refractivity contribution is 6.34. The fourth-order valence-electron chi connectivity index (χ4n) is 3.41. The number of anilines is 1. The number of carbonyl (C=O) groups is 1. The molecule has 0 atom stereocenters. The number of halogens is 1. The van der Waals surface area contributed by atoms with Gasteiger partial charge in [-0.2, -0.15) is 0 Å². The van der Waals surface area contributed by atoms with E-state index < -0.39 is 0 Å². The van der Waals surface area contributed by atoms with Gasteiger partial charge < -0.3 is 9.47 Å². The van der Waals surface area contributed by atoms with Gasteiger partial charge in [-0.3, -0.25) is 9.69 Å². The number of amidine groups is 1. The fraction of sp³-hybridized carbons (Fsp3) is 0.120. The summed E-state index contributed by atoms with van der Waals surface area (Å²) in [6, 6.07) is 20.5. The van der Waals surface area contributed by atoms with Crippen molar-refractivity contribution >= 4 is 35.1 Å². The first-order chi connectivity index (χ1) is 15.0. The van der Waals surface area contributed by atoms with Gasteiger partial charge in [0.05, 0.1) is 19.9 Å². The van der Waals surface area contributed by atoms with Gasteiger partial charge in [0.25, 0.3) is 5.91 Å². The number of nitrogens with zero attached hydrogens (tertiary/aromatic N) is 2. The van der Waals surface area contributed by atoms with Crippen LogP contribution in [-0.4, -0.2) is 26.0 Å². The molecule has 0 aromatic heterocycles. The molecule has 0 fully saturated rings. The first-order valence-corrected chi connectivity index (χ1v) is 10.1. The molecule has 0 radical (unpaired) electrons. The predicted molar refractivity (Wildman–Crippen MR) is 124 cm³/mol. The lowest BCUT2D eigenvalue weighted by Crippen LogP contribution is -2.32. The molecular formula is C25H21ClN2O3. The predicted octanol–water partition coefficient (Wildman–Crippen LogP) is 5.50. The zero-order valence-corrected chi connectivity index (χ0v) is 18.2. The van der Waals surface area contributed by atoms with Crippen molar-refractivity contribution in [3.63, 3.8) is 0 Å². The van der Waals surface area contributed by atoms with Crippen LogP contribution in [0.25, 0.3) is 6.08 Å². The van der Waals surface area contributed by atoms with Crippen LogP contribution in [0.3, 0.4) is 0 Å². The van der Waals surface area contributed by atoms with Crippen LogP contribution in [0.4, 0.5) is 5.69 Å². The number of aryl methyl sites for hydroxylation is 1. The maximum Gasteiger partial charge on any atom is 0.282 e. The highest BCUT2D eigenvalue weighted by atomic mass is 35.5. The Labute approximate surface area is 186 Å². The summed E-state index contributed by atoms with van der Waals surface area (Å²) in [6.45, 7) is 2.01. The van der Waals surface area contributed by atoms with E-state index in [0.717, 1.165) is 16.7 Å². The second-order valence-electron chi connectivity index (χ2n) is 7.06. The molecule has 0 unspecified atom stereocenters. The monoisotopic (exact) mass is 432 g/mol. The molecule has 0 N–H and O–H groups in total. The summed E-state index contributed by atoms with van der Waals surface area (Å²) in [4.78, 5) is 19.7. The van der Waals surface area contributed by atoms with Gasteiger partial charge in [0.15, 0.2) is 0 Å². The number of ether oxygens (including phenoxy) is 2. The zero-order chi connectivity index (χ0) is 22.0. The summed E-state index contributed by atoms with van der Waals surface area (Å²) in [5.41, 5.74) is 3.68. The first kappa shape index (κ1) is 20.7. The van der Waals surface area contributed by atoms with Crippen molar-refractivity contribution in [3.05, 3.63) is 94.1 Å². The minimum Gasteiger partial charge on any atom is -0.497 e. The van der Waals surface area contributed by atoms with E-state index in [2.05, 4.69) is 0 Å². The Bertz CT molecular complexity index is 1200. The third-order valence-electron chi connectivity index (χ3n) is 4.95. The molecule has 31 heavy (non-hydrogen) atoms. The van der Waals surface area contributed by atoms with Crippen molar-refractivity contribution in [3.8, 4) is 11.5 Å². The lowest BCUT2D eigenvalue weighted by Gasteiger charge is -2.19. The van der Waals surface area contributed by atoms with Gasteiger partial charge in [0, 0.05) is 22.2 Å². The van der Waals surface area contributed by atoms with E-state index in [4.69, 9.17) is 26.1 Å². The Morgan fingerprint density at radius 1 is 0.968 bits per heavy atom. The zero-order valence-electron chi connectivity index (χ0n) is 17.4. The molecule has 1 heterocycles. The number of rotatable bonds is 5. The van der Waals surface area contributed by atoms with Gasteiger partial charge in [0.2, 0.25) is 0 Å². The molecule has 0 spiro atoms. The fourth-order valence-corrected chi connectivity index (χ4v) is 3.54. The van der Waals surface area contributed by atoms with Crippen LogP contribution in [0.5, 0.6) is 11.5 Å². The van der Waals surface area contributed by atoms with Crippen molar-refractivity contribution in [2.24, 2.45) is 4.99 Å². The van der Waals surface area contributed by atoms with Crippen LogP contribution in [0.15, 0.2) is 77.4 Å². The SMILES string of the molecule is COc1ccc(/C=C2/N=C(c3cccc(C)c3)N(c3ccc(Cl)cc3)C2=O)c(OC)c1. The molecule has 5 nitrogen and oxygen atoms in total. The van der Waals surface area contributed by atoms with Crippen LogP contribution in [0.1, 0.15) is 16.7 Å². The molecule has 1 aliphatic heterocycles. The number of methoxy groups -OCH3 is 2. The number of amides is 1. The number of hydrogen-bond acceptors (Lipinski definition) is 4. The minimum absolute atomic E-state index is 0.225. The van der Waals surface area contributed by atoms with Crippen LogP contribution < -0.4 is 14.4 Å². The van der Waals surface area contributed by atoms with E-state index in [0.29, 0.717) is 33.7 Å². The summed E-state index contributed by atoms with van der Waals surface area (Å²) in [6.07, 6.45) is 1.73. The molecule has 156 valence electrons. The van der Waals surface area contributed by atoms with E-state index in [1.54, 1.807) is 43.4 Å². The molecule has 0 saturated carbocycles. The molecule has 1 amide bonds. The van der Waals surface area contributed by atoms with Gasteiger partial charge >= 0.3 is 0 Å². The summed E-state index contributed by atoms with van der Waals surface area (Å²) in [5.74, 6) is 1.60. The Morgan fingerprint density at radius 3 is 2.42 bits per heavy atom. The van der Waals surface area contributed by atoms with Crippen molar-refractivity contribution < 1.29 is 14.3 Å². The maximum absolute atomic E-state index is 13.4. The molecule has 6 heteroatoms. The van der Waals surface area contributed by atoms with Gasteiger partial charge in [-0.05, 0) is 55.5 Å². The highest BCUT2D eigenvalue weighted by Crippen LogP contribution is 2.32. The van der Waals surface area contributed by atoms with Gasteiger partial charge in [0.1, 0.15) is 23.0 Å². The summed E-state index contributed by atoms with van der Waals surface area (Å²) < 4.78 is 10.7. The van der Waals surface area contributed by atoms with Crippen molar-refractivity contribution in [1.82, 2.24) is 0 Å². The van der Waals surface area contributed by atoms with Gasteiger partial charge in [-0.15, -0.1) is 0 Å². The van der Waals surface area contributed by atoms with E-state index >= 15 is 0 Å². The highest BCUT2D eigenvalue weighted by Gasteiger charge is 2.32. The van der Waals surface area contributed by atoms with E-state index in [1.807, 2.05) is 55.5 Å². The number of hydrogen-bond donors (Lipinski definition) is 0. The minimum atomic E-state index is -0.225. The van der Waals surface area contributed by atoms with Crippen LogP contribution >= 0.6 is 11.6 Å². The molecule has 3 aromatic rings. The van der Waals surface area contributed by atoms with Gasteiger partial charge in [-0.1, -0.05) is 35.4 Å². The number of aliphatic imine (C=N–C) groups is 1. The Kier molecular flexibility index (Phi) is 5.78. The van der Waals surface area contributed by atoms with Crippen LogP contribution in [0.2, 0.25) is 5.02 Å². The molecule has 4 rings (SSSR count). The number of benzene rings is 3. The lowest BCUT2D eigenvalue weighted by atomic mass is 10.1. The molecule has 0 saturated heterocycles. The van der Waals surface area contributed by atoms with E-state index in [-0.39, 0.29) is 5.91 Å². The second-order valence-corrected chi connectivity index (χ2v) is 7.50. The summed E-state index contributed by atoms with van der Waals surface area (Å²) >= 11 is 6.05. The van der Waals surface area contributed by atoms with Crippen LogP contribution in [-0.2, 0) is 4.79 Å². The molecule has 0 bridgehead atoms. The largest absolute Gasteiger partial charge is 0.497 e. The van der Waals surface area contributed by atoms with E-state index in [1.165, 1.54) is 0 Å². The third kappa shape index (κ3) is 4.18. The quantitative estimate of drug-likeness (QED) is 0.500. The smallest absolute Gasteiger partial charge is 0.282 e. The van der Waals surface area contributed by atoms with E-state index in [9.17, 15) is 4.79 Å². The Morgan fingerprint density at radius 2 is 1.74 bits per heavy atom. The summed E-state index contributed by atoms with van der Waals surface area (Å²) in [5, 5.41) is 0.600. The molecule has 3 aromatic carbocycles. The molecule has 0 aliphatic carbocycles. The van der Waals surface area contributed by atoms with Gasteiger partial charge in [-0.25, -0.2) is 4.99 Å². The normalized spacial score (nSPS) is 14.7. The maximum atomic E-state index is 13.4. The lowest BCUT2D eigenvalue weighted by molar-refractivity contribution is -0.113. The van der Waals surface area contributed by atoms with Crippen molar-refractivity contribution in [1.29, 1.82) is 0 Å². The van der Waals surface area contributed by atoms with Crippen molar-refractivity contribution in [2.45, 2.75) is 6.92 Å². The number of carbonyl (C=O) groups excluding carboxylic acids is 1.